The van der Waals surface area contributed by atoms with Gasteiger partial charge in [0.2, 0.25) is 5.91 Å². The number of carbonyl (C=O) groups excluding carboxylic acids is 1. The van der Waals surface area contributed by atoms with Gasteiger partial charge in [0.25, 0.3) is 5.56 Å². The number of nitriles is 1. The molecule has 0 radical (unpaired) electrons. The number of amides is 1. The molecule has 2 aliphatic heterocycles. The maximum absolute atomic E-state index is 12.8. The van der Waals surface area contributed by atoms with Crippen LogP contribution in [0.3, 0.4) is 0 Å². The molecule has 3 rings (SSSR count). The lowest BCUT2D eigenvalue weighted by atomic mass is 10.1. The van der Waals surface area contributed by atoms with Crippen molar-refractivity contribution < 1.29 is 4.79 Å². The lowest BCUT2D eigenvalue weighted by molar-refractivity contribution is -0.131. The highest BCUT2D eigenvalue weighted by Gasteiger charge is 2.23. The molecule has 7 heteroatoms. The number of rotatable bonds is 2. The highest BCUT2D eigenvalue weighted by molar-refractivity contribution is 5.76. The highest BCUT2D eigenvalue weighted by atomic mass is 16.2. The summed E-state index contributed by atoms with van der Waals surface area (Å²) in [5.74, 6) is -0.209. The van der Waals surface area contributed by atoms with Crippen LogP contribution in [0.5, 0.6) is 0 Å². The minimum absolute atomic E-state index is 0.0187. The third-order valence-corrected chi connectivity index (χ3v) is 5.19. The van der Waals surface area contributed by atoms with E-state index in [9.17, 15) is 19.6 Å². The average Bonchev–Trinajstić information content (AvgIpc) is 3.02. The molecule has 1 amide bonds. The number of carbonyl (C=O) groups is 1. The summed E-state index contributed by atoms with van der Waals surface area (Å²) in [4.78, 5) is 39.8. The molecule has 0 N–H and O–H groups in total. The molecule has 1 saturated heterocycles. The standard InChI is InChI=1S/C18H24N4O3/c19-12-14-15-8-4-3-7-11-21(15)18(25)22(17(14)24)13-16(23)20-9-5-1-2-6-10-20/h1-11,13H2. The van der Waals surface area contributed by atoms with Crippen molar-refractivity contribution in [1.82, 2.24) is 14.0 Å². The second-order valence-electron chi connectivity index (χ2n) is 6.86. The Balaban J connectivity index is 1.97. The molecule has 0 bridgehead atoms. The molecule has 0 atom stereocenters. The summed E-state index contributed by atoms with van der Waals surface area (Å²) >= 11 is 0. The van der Waals surface area contributed by atoms with E-state index < -0.39 is 11.2 Å². The molecule has 2 aliphatic rings. The molecule has 0 spiro atoms. The van der Waals surface area contributed by atoms with E-state index in [-0.39, 0.29) is 18.0 Å². The van der Waals surface area contributed by atoms with E-state index >= 15 is 0 Å². The molecular formula is C18H24N4O3. The molecule has 0 aliphatic carbocycles. The second-order valence-corrected chi connectivity index (χ2v) is 6.86. The van der Waals surface area contributed by atoms with Crippen molar-refractivity contribution in [1.29, 1.82) is 5.26 Å². The molecule has 7 nitrogen and oxygen atoms in total. The molecule has 25 heavy (non-hydrogen) atoms. The maximum atomic E-state index is 12.8. The Kier molecular flexibility index (Phi) is 5.37. The molecule has 1 aromatic heterocycles. The van der Waals surface area contributed by atoms with Crippen LogP contribution in [0.15, 0.2) is 9.59 Å². The van der Waals surface area contributed by atoms with E-state index in [1.165, 1.54) is 4.57 Å². The fraction of sp³-hybridized carbons (Fsp3) is 0.667. The van der Waals surface area contributed by atoms with E-state index in [1.807, 2.05) is 6.07 Å². The zero-order valence-electron chi connectivity index (χ0n) is 14.5. The Morgan fingerprint density at radius 2 is 1.60 bits per heavy atom. The zero-order chi connectivity index (χ0) is 17.8. The van der Waals surface area contributed by atoms with Gasteiger partial charge >= 0.3 is 5.69 Å². The Bertz CT molecular complexity index is 807. The Hall–Kier alpha value is -2.36. The SMILES string of the molecule is N#Cc1c2n(c(=O)n(CC(=O)N3CCCCCC3)c1=O)CCCCC2. The minimum Gasteiger partial charge on any atom is -0.341 e. The summed E-state index contributed by atoms with van der Waals surface area (Å²) in [7, 11) is 0. The van der Waals surface area contributed by atoms with Crippen molar-refractivity contribution in [3.8, 4) is 6.07 Å². The highest BCUT2D eigenvalue weighted by Crippen LogP contribution is 2.14. The van der Waals surface area contributed by atoms with Crippen LogP contribution in [0.1, 0.15) is 56.2 Å². The monoisotopic (exact) mass is 344 g/mol. The summed E-state index contributed by atoms with van der Waals surface area (Å²) in [6.45, 7) is 1.57. The third-order valence-electron chi connectivity index (χ3n) is 5.19. The molecule has 1 fully saturated rings. The van der Waals surface area contributed by atoms with Gasteiger partial charge in [0.15, 0.2) is 0 Å². The lowest BCUT2D eigenvalue weighted by Crippen LogP contribution is -2.47. The van der Waals surface area contributed by atoms with Crippen LogP contribution in [-0.2, 0) is 24.3 Å². The minimum atomic E-state index is -0.621. The first kappa shape index (κ1) is 17.5. The van der Waals surface area contributed by atoms with Crippen molar-refractivity contribution in [2.24, 2.45) is 0 Å². The number of aromatic nitrogens is 2. The van der Waals surface area contributed by atoms with Gasteiger partial charge < -0.3 is 4.90 Å². The molecule has 3 heterocycles. The van der Waals surface area contributed by atoms with Crippen LogP contribution in [-0.4, -0.2) is 33.0 Å². The van der Waals surface area contributed by atoms with Gasteiger partial charge in [0.1, 0.15) is 18.2 Å². The lowest BCUT2D eigenvalue weighted by Gasteiger charge is -2.21. The summed E-state index contributed by atoms with van der Waals surface area (Å²) in [5.41, 5.74) is -0.522. The van der Waals surface area contributed by atoms with Gasteiger partial charge in [-0.2, -0.15) is 5.26 Å². The Morgan fingerprint density at radius 3 is 2.28 bits per heavy atom. The fourth-order valence-corrected chi connectivity index (χ4v) is 3.78. The topological polar surface area (TPSA) is 88.1 Å². The number of hydrogen-bond donors (Lipinski definition) is 0. The van der Waals surface area contributed by atoms with E-state index in [2.05, 4.69) is 0 Å². The number of hydrogen-bond acceptors (Lipinski definition) is 4. The fourth-order valence-electron chi connectivity index (χ4n) is 3.78. The average molecular weight is 344 g/mol. The van der Waals surface area contributed by atoms with E-state index in [0.717, 1.165) is 49.5 Å². The van der Waals surface area contributed by atoms with Crippen molar-refractivity contribution in [2.75, 3.05) is 13.1 Å². The predicted molar refractivity (Wildman–Crippen MR) is 92.3 cm³/mol. The Morgan fingerprint density at radius 1 is 0.960 bits per heavy atom. The summed E-state index contributed by atoms with van der Waals surface area (Å²) < 4.78 is 2.49. The van der Waals surface area contributed by atoms with Gasteiger partial charge in [0, 0.05) is 25.3 Å². The summed E-state index contributed by atoms with van der Waals surface area (Å²) in [5, 5.41) is 9.43. The van der Waals surface area contributed by atoms with E-state index in [1.54, 1.807) is 4.90 Å². The first-order valence-electron chi connectivity index (χ1n) is 9.18. The molecule has 0 saturated carbocycles. The molecular weight excluding hydrogens is 320 g/mol. The van der Waals surface area contributed by atoms with Crippen LogP contribution in [0.25, 0.3) is 0 Å². The van der Waals surface area contributed by atoms with Crippen LogP contribution in [0.4, 0.5) is 0 Å². The van der Waals surface area contributed by atoms with Crippen LogP contribution in [0.2, 0.25) is 0 Å². The van der Waals surface area contributed by atoms with E-state index in [4.69, 9.17) is 0 Å². The van der Waals surface area contributed by atoms with Gasteiger partial charge in [-0.3, -0.25) is 14.2 Å². The quantitative estimate of drug-likeness (QED) is 0.801. The number of nitrogens with zero attached hydrogens (tertiary/aromatic N) is 4. The van der Waals surface area contributed by atoms with Crippen molar-refractivity contribution in [2.45, 2.75) is 64.5 Å². The summed E-state index contributed by atoms with van der Waals surface area (Å²) in [6, 6.07) is 1.96. The van der Waals surface area contributed by atoms with Crippen LogP contribution in [0, 0.1) is 11.3 Å². The van der Waals surface area contributed by atoms with Crippen LogP contribution >= 0.6 is 0 Å². The molecule has 134 valence electrons. The van der Waals surface area contributed by atoms with Crippen molar-refractivity contribution in [3.63, 3.8) is 0 Å². The second kappa shape index (κ2) is 7.68. The van der Waals surface area contributed by atoms with E-state index in [0.29, 0.717) is 31.7 Å². The Labute approximate surface area is 146 Å². The third kappa shape index (κ3) is 3.53. The predicted octanol–water partition coefficient (Wildman–Crippen LogP) is 1.01. The van der Waals surface area contributed by atoms with Gasteiger partial charge in [-0.05, 0) is 32.1 Å². The summed E-state index contributed by atoms with van der Waals surface area (Å²) in [6.07, 6.45) is 7.34. The molecule has 1 aromatic rings. The smallest absolute Gasteiger partial charge is 0.331 e. The van der Waals surface area contributed by atoms with Crippen LogP contribution < -0.4 is 11.2 Å². The first-order chi connectivity index (χ1) is 12.1. The van der Waals surface area contributed by atoms with Crippen molar-refractivity contribution >= 4 is 5.91 Å². The van der Waals surface area contributed by atoms with Gasteiger partial charge in [-0.25, -0.2) is 9.36 Å². The van der Waals surface area contributed by atoms with Gasteiger partial charge in [-0.1, -0.05) is 19.3 Å². The number of fused-ring (bicyclic) bond motifs is 1. The maximum Gasteiger partial charge on any atom is 0.331 e. The molecule has 0 aromatic carbocycles. The van der Waals surface area contributed by atoms with Gasteiger partial charge in [0.05, 0.1) is 0 Å². The zero-order valence-corrected chi connectivity index (χ0v) is 14.5. The van der Waals surface area contributed by atoms with Crippen molar-refractivity contribution in [3.05, 3.63) is 32.1 Å². The molecule has 0 unspecified atom stereocenters. The number of likely N-dealkylation sites (tertiary alicyclic amines) is 1. The normalized spacial score (nSPS) is 18.0. The largest absolute Gasteiger partial charge is 0.341 e. The van der Waals surface area contributed by atoms with Gasteiger partial charge in [-0.15, -0.1) is 0 Å². The first-order valence-corrected chi connectivity index (χ1v) is 9.18.